The van der Waals surface area contributed by atoms with Crippen LogP contribution in [-0.2, 0) is 32.2 Å². The van der Waals surface area contributed by atoms with E-state index in [0.717, 1.165) is 10.9 Å². The molecule has 0 bridgehead atoms. The Morgan fingerprint density at radius 1 is 0.870 bits per heavy atom. The van der Waals surface area contributed by atoms with Gasteiger partial charge in [0.1, 0.15) is 24.4 Å². The second kappa shape index (κ2) is 11.0. The summed E-state index contributed by atoms with van der Waals surface area (Å²) in [6.07, 6.45) is -8.36. The predicted octanol–water partition coefficient (Wildman–Crippen LogP) is -2.62. The number of aromatic amines is 2. The van der Waals surface area contributed by atoms with Crippen molar-refractivity contribution in [2.24, 2.45) is 5.73 Å². The number of hydrogen-bond acceptors (Lipinski definition) is 17. The van der Waals surface area contributed by atoms with Crippen molar-refractivity contribution in [2.45, 2.75) is 55.4 Å². The molecule has 23 nitrogen and oxygen atoms in total. The molecule has 2 unspecified atom stereocenters. The summed E-state index contributed by atoms with van der Waals surface area (Å²) in [5.41, 5.74) is 16.1. The van der Waals surface area contributed by atoms with E-state index in [-0.39, 0.29) is 40.6 Å². The summed E-state index contributed by atoms with van der Waals surface area (Å²) in [4.78, 5) is 66.7. The SMILES string of the molecule is Nc1nc2c(ncn2[C@@H]2O[C@@H]3CCP(=O)(O)O[C@H]4[C@@H](O)[C@H](n5cnc6c(=O)[nH]c(N)nc65)O[C@@H]4COP(=O)(O)O[C@H]3[C@H]2N)c(=O)[nH]1. The number of anilines is 2. The number of nitrogen functional groups attached to an aromatic ring is 2. The van der Waals surface area contributed by atoms with Crippen LogP contribution in [0.1, 0.15) is 18.9 Å². The first-order valence-corrected chi connectivity index (χ1v) is 16.8. The van der Waals surface area contributed by atoms with Crippen LogP contribution in [0.3, 0.4) is 0 Å². The second-order valence-electron chi connectivity index (χ2n) is 10.8. The Hall–Kier alpha value is -3.60. The lowest BCUT2D eigenvalue weighted by atomic mass is 10.1. The zero-order valence-corrected chi connectivity index (χ0v) is 25.0. The number of aromatic nitrogens is 8. The number of imidazole rings is 2. The van der Waals surface area contributed by atoms with Crippen LogP contribution >= 0.6 is 15.4 Å². The highest BCUT2D eigenvalue weighted by molar-refractivity contribution is 7.52. The molecule has 248 valence electrons. The number of nitrogens with one attached hydrogen (secondary N) is 2. The van der Waals surface area contributed by atoms with E-state index < -0.39 is 88.3 Å². The van der Waals surface area contributed by atoms with Crippen molar-refractivity contribution < 1.29 is 47.1 Å². The first-order chi connectivity index (χ1) is 21.7. The maximum Gasteiger partial charge on any atom is 0.472 e. The van der Waals surface area contributed by atoms with Gasteiger partial charge < -0.3 is 41.6 Å². The summed E-state index contributed by atoms with van der Waals surface area (Å²) in [6.45, 7) is -0.774. The molecule has 0 spiro atoms. The molecule has 7 heterocycles. The van der Waals surface area contributed by atoms with Crippen molar-refractivity contribution in [3.05, 3.63) is 33.4 Å². The number of nitrogens with zero attached hydrogens (tertiary/aromatic N) is 6. The van der Waals surface area contributed by atoms with Crippen LogP contribution in [-0.4, -0.2) is 103 Å². The fourth-order valence-corrected chi connectivity index (χ4v) is 8.04. The lowest BCUT2D eigenvalue weighted by Gasteiger charge is -2.28. The number of ether oxygens (including phenoxy) is 2. The van der Waals surface area contributed by atoms with Gasteiger partial charge in [-0.2, -0.15) is 9.97 Å². The van der Waals surface area contributed by atoms with Crippen LogP contribution in [0.25, 0.3) is 22.3 Å². The van der Waals surface area contributed by atoms with Gasteiger partial charge in [0, 0.05) is 0 Å². The molecule has 3 aliphatic rings. The van der Waals surface area contributed by atoms with Crippen molar-refractivity contribution in [1.29, 1.82) is 0 Å². The smallest absolute Gasteiger partial charge is 0.386 e. The predicted molar refractivity (Wildman–Crippen MR) is 152 cm³/mol. The van der Waals surface area contributed by atoms with Gasteiger partial charge in [0.25, 0.3) is 11.1 Å². The first-order valence-electron chi connectivity index (χ1n) is 13.6. The largest absolute Gasteiger partial charge is 0.472 e. The third-order valence-electron chi connectivity index (χ3n) is 7.79. The summed E-state index contributed by atoms with van der Waals surface area (Å²) in [5, 5.41) is 11.2. The topological polar surface area (TPSA) is 346 Å². The van der Waals surface area contributed by atoms with Crippen LogP contribution in [0.4, 0.5) is 11.9 Å². The van der Waals surface area contributed by atoms with E-state index in [4.69, 9.17) is 40.2 Å². The molecule has 0 saturated carbocycles. The molecule has 4 aromatic heterocycles. The van der Waals surface area contributed by atoms with Gasteiger partial charge in [-0.1, -0.05) is 0 Å². The molecular formula is C21H27N11O12P2. The second-order valence-corrected chi connectivity index (χ2v) is 14.1. The molecule has 3 aliphatic heterocycles. The van der Waals surface area contributed by atoms with Crippen LogP contribution in [0.15, 0.2) is 22.2 Å². The molecule has 4 aromatic rings. The minimum atomic E-state index is -4.96. The summed E-state index contributed by atoms with van der Waals surface area (Å²) < 4.78 is 56.9. The Balaban J connectivity index is 1.18. The molecular weight excluding hydrogens is 660 g/mol. The highest BCUT2D eigenvalue weighted by Gasteiger charge is 2.53. The number of phosphoric ester groups is 1. The molecule has 10 atom stereocenters. The fourth-order valence-electron chi connectivity index (χ4n) is 5.74. The lowest BCUT2D eigenvalue weighted by molar-refractivity contribution is -0.0550. The Kier molecular flexibility index (Phi) is 7.41. The van der Waals surface area contributed by atoms with Gasteiger partial charge in [-0.3, -0.25) is 46.8 Å². The van der Waals surface area contributed by atoms with Crippen LogP contribution in [0.5, 0.6) is 0 Å². The Labute approximate surface area is 254 Å². The highest BCUT2D eigenvalue weighted by Crippen LogP contribution is 2.53. The first kappa shape index (κ1) is 31.0. The maximum atomic E-state index is 13.3. The highest BCUT2D eigenvalue weighted by atomic mass is 31.2. The van der Waals surface area contributed by atoms with E-state index in [1.165, 1.54) is 10.9 Å². The number of aliphatic hydroxyl groups excluding tert-OH is 1. The van der Waals surface area contributed by atoms with Crippen molar-refractivity contribution >= 4 is 49.6 Å². The molecule has 46 heavy (non-hydrogen) atoms. The van der Waals surface area contributed by atoms with E-state index in [1.807, 2.05) is 0 Å². The van der Waals surface area contributed by atoms with E-state index in [9.17, 15) is 33.6 Å². The van der Waals surface area contributed by atoms with Gasteiger partial charge in [0.05, 0.1) is 37.6 Å². The summed E-state index contributed by atoms with van der Waals surface area (Å²) in [5.74, 6) is -0.466. The molecule has 0 radical (unpaired) electrons. The third kappa shape index (κ3) is 5.34. The van der Waals surface area contributed by atoms with Crippen LogP contribution < -0.4 is 28.3 Å². The summed E-state index contributed by atoms with van der Waals surface area (Å²) in [6, 6.07) is -1.21. The summed E-state index contributed by atoms with van der Waals surface area (Å²) >= 11 is 0. The van der Waals surface area contributed by atoms with Crippen LogP contribution in [0.2, 0.25) is 0 Å². The molecule has 3 saturated heterocycles. The molecule has 0 aromatic carbocycles. The van der Waals surface area contributed by atoms with Gasteiger partial charge >= 0.3 is 15.4 Å². The molecule has 25 heteroatoms. The Morgan fingerprint density at radius 2 is 1.43 bits per heavy atom. The minimum Gasteiger partial charge on any atom is -0.386 e. The quantitative estimate of drug-likeness (QED) is 0.0999. The summed E-state index contributed by atoms with van der Waals surface area (Å²) in [7, 11) is -9.52. The van der Waals surface area contributed by atoms with Crippen LogP contribution in [0, 0.1) is 0 Å². The van der Waals surface area contributed by atoms with Gasteiger partial charge in [-0.15, -0.1) is 0 Å². The number of rotatable bonds is 2. The number of aliphatic hydroxyl groups is 1. The lowest BCUT2D eigenvalue weighted by Crippen LogP contribution is -2.41. The van der Waals surface area contributed by atoms with Gasteiger partial charge in [0.15, 0.2) is 34.8 Å². The van der Waals surface area contributed by atoms with Gasteiger partial charge in [-0.05, 0) is 6.42 Å². The van der Waals surface area contributed by atoms with E-state index in [1.54, 1.807) is 0 Å². The maximum absolute atomic E-state index is 13.3. The number of hydrogen-bond donors (Lipinski definition) is 8. The zero-order valence-electron chi connectivity index (χ0n) is 23.2. The number of H-pyrrole nitrogens is 2. The van der Waals surface area contributed by atoms with Crippen molar-refractivity contribution in [2.75, 3.05) is 24.2 Å². The van der Waals surface area contributed by atoms with Gasteiger partial charge in [-0.25, -0.2) is 14.5 Å². The molecule has 0 aliphatic carbocycles. The van der Waals surface area contributed by atoms with Crippen molar-refractivity contribution in [3.63, 3.8) is 0 Å². The minimum absolute atomic E-state index is 0.000269. The van der Waals surface area contributed by atoms with Gasteiger partial charge in [0.2, 0.25) is 11.9 Å². The number of phosphoric acid groups is 1. The fraction of sp³-hybridized carbons (Fsp3) is 0.524. The Morgan fingerprint density at radius 3 is 2.04 bits per heavy atom. The van der Waals surface area contributed by atoms with E-state index >= 15 is 0 Å². The molecule has 3 fully saturated rings. The molecule has 11 N–H and O–H groups in total. The normalized spacial score (nSPS) is 37.1. The number of fused-ring (bicyclic) bond motifs is 4. The molecule has 0 amide bonds. The average Bonchev–Trinajstić information content (AvgIpc) is 3.72. The van der Waals surface area contributed by atoms with Crippen molar-refractivity contribution in [3.8, 4) is 0 Å². The van der Waals surface area contributed by atoms with E-state index in [2.05, 4.69) is 29.9 Å². The number of nitrogens with two attached hydrogens (primary N) is 3. The third-order valence-corrected chi connectivity index (χ3v) is 10.2. The zero-order chi connectivity index (χ0) is 32.7. The molecule has 7 rings (SSSR count). The average molecular weight is 687 g/mol. The van der Waals surface area contributed by atoms with Crippen molar-refractivity contribution in [1.82, 2.24) is 39.0 Å². The monoisotopic (exact) mass is 687 g/mol. The van der Waals surface area contributed by atoms with E-state index in [0.29, 0.717) is 0 Å². The standard InChI is InChI=1S/C21H27N11O12P2/c22-8-12-6(41-18(8)31-4-25-9-14(31)27-20(23)29-16(9)34)1-2-45(36,37)43-13-7(3-40-46(38,39)44-12)42-19(11(13)33)32-5-26-10-15(32)28-21(24)30-17(10)35/h4-8,11-13,18-19,33H,1-3,22H2,(H,36,37)(H,38,39)(H3,23,27,29,34)(H3,24,28,30,35)/t6-,7-,8-,11-,12-,13-,18-,19-/m1/s1. The Bertz CT molecular complexity index is 1900.